The van der Waals surface area contributed by atoms with E-state index in [2.05, 4.69) is 0 Å². The molecular weight excluding hydrogens is 236 g/mol. The molecule has 1 saturated heterocycles. The molecule has 1 aromatic carbocycles. The molecule has 1 heterocycles. The van der Waals surface area contributed by atoms with Crippen LogP contribution in [0, 0.1) is 0 Å². The summed E-state index contributed by atoms with van der Waals surface area (Å²) in [7, 11) is 1.60. The smallest absolute Gasteiger partial charge is 0.219 e. The van der Waals surface area contributed by atoms with Crippen LogP contribution in [0.1, 0.15) is 12.5 Å². The quantitative estimate of drug-likeness (QED) is 0.862. The Morgan fingerprint density at radius 1 is 1.33 bits per heavy atom. The maximum absolute atomic E-state index is 11.5. The molecule has 1 aliphatic rings. The molecule has 0 spiro atoms. The normalized spacial score (nSPS) is 27.5. The second kappa shape index (κ2) is 5.48. The van der Waals surface area contributed by atoms with Crippen LogP contribution >= 0.6 is 0 Å². The van der Waals surface area contributed by atoms with Crippen molar-refractivity contribution >= 4 is 5.78 Å². The van der Waals surface area contributed by atoms with Gasteiger partial charge in [0.1, 0.15) is 11.9 Å². The van der Waals surface area contributed by atoms with Gasteiger partial charge in [0.25, 0.3) is 0 Å². The van der Waals surface area contributed by atoms with Gasteiger partial charge >= 0.3 is 0 Å². The maximum Gasteiger partial charge on any atom is 0.219 e. The van der Waals surface area contributed by atoms with E-state index >= 15 is 0 Å². The van der Waals surface area contributed by atoms with Crippen molar-refractivity contribution in [2.45, 2.75) is 32.0 Å². The number of benzene rings is 1. The highest BCUT2D eigenvalue weighted by atomic mass is 16.6. The predicted molar refractivity (Wildman–Crippen MR) is 63.1 cm³/mol. The molecule has 98 valence electrons. The van der Waals surface area contributed by atoms with E-state index in [-0.39, 0.29) is 0 Å². The fraction of sp³-hybridized carbons (Fsp3) is 0.462. The SMILES string of the molecule is COc1ccc(CO[C@@H]2C(=O)C(O)O[C@H]2C)cc1. The lowest BCUT2D eigenvalue weighted by molar-refractivity contribution is -0.143. The number of ether oxygens (including phenoxy) is 3. The zero-order chi connectivity index (χ0) is 13.1. The zero-order valence-electron chi connectivity index (χ0n) is 10.3. The van der Waals surface area contributed by atoms with E-state index in [9.17, 15) is 9.90 Å². The second-order valence-corrected chi connectivity index (χ2v) is 4.18. The van der Waals surface area contributed by atoms with Crippen LogP contribution in [-0.2, 0) is 20.9 Å². The number of Topliss-reactive ketones (excluding diaryl/α,β-unsaturated/α-hetero) is 1. The molecule has 0 amide bonds. The molecule has 0 saturated carbocycles. The van der Waals surface area contributed by atoms with Crippen LogP contribution in [0.15, 0.2) is 24.3 Å². The van der Waals surface area contributed by atoms with E-state index in [1.807, 2.05) is 24.3 Å². The Morgan fingerprint density at radius 3 is 2.50 bits per heavy atom. The van der Waals surface area contributed by atoms with Gasteiger partial charge in [-0.05, 0) is 24.6 Å². The van der Waals surface area contributed by atoms with Gasteiger partial charge < -0.3 is 19.3 Å². The first-order valence-electron chi connectivity index (χ1n) is 5.73. The van der Waals surface area contributed by atoms with Crippen molar-refractivity contribution in [3.05, 3.63) is 29.8 Å². The summed E-state index contributed by atoms with van der Waals surface area (Å²) in [5.41, 5.74) is 0.928. The fourth-order valence-corrected chi connectivity index (χ4v) is 1.84. The van der Waals surface area contributed by atoms with Gasteiger partial charge in [-0.3, -0.25) is 4.79 Å². The highest BCUT2D eigenvalue weighted by Gasteiger charge is 2.40. The number of methoxy groups -OCH3 is 1. The molecule has 0 bridgehead atoms. The lowest BCUT2D eigenvalue weighted by Crippen LogP contribution is -2.29. The minimum absolute atomic E-state index is 0.292. The summed E-state index contributed by atoms with van der Waals surface area (Å²) in [6.07, 6.45) is -2.49. The summed E-state index contributed by atoms with van der Waals surface area (Å²) in [5, 5.41) is 9.24. The number of aliphatic hydroxyl groups excluding tert-OH is 1. The predicted octanol–water partition coefficient (Wildman–Crippen LogP) is 0.887. The number of aliphatic hydroxyl groups is 1. The molecule has 0 aliphatic carbocycles. The van der Waals surface area contributed by atoms with Crippen molar-refractivity contribution in [3.8, 4) is 5.75 Å². The van der Waals surface area contributed by atoms with Crippen LogP contribution in [-0.4, -0.2) is 36.5 Å². The average Bonchev–Trinajstić information content (AvgIpc) is 2.62. The van der Waals surface area contributed by atoms with E-state index in [0.29, 0.717) is 6.61 Å². The van der Waals surface area contributed by atoms with Crippen molar-refractivity contribution in [1.82, 2.24) is 0 Å². The number of hydrogen-bond donors (Lipinski definition) is 1. The summed E-state index contributed by atoms with van der Waals surface area (Å²) in [6.45, 7) is 1.99. The minimum Gasteiger partial charge on any atom is -0.497 e. The number of ketones is 1. The monoisotopic (exact) mass is 252 g/mol. The number of hydrogen-bond acceptors (Lipinski definition) is 5. The molecule has 1 fully saturated rings. The summed E-state index contributed by atoms with van der Waals surface area (Å²) in [4.78, 5) is 11.5. The largest absolute Gasteiger partial charge is 0.497 e. The summed E-state index contributed by atoms with van der Waals surface area (Å²) < 4.78 is 15.5. The van der Waals surface area contributed by atoms with Gasteiger partial charge in [-0.1, -0.05) is 12.1 Å². The van der Waals surface area contributed by atoms with Gasteiger partial charge in [-0.15, -0.1) is 0 Å². The first kappa shape index (κ1) is 13.0. The third kappa shape index (κ3) is 2.69. The second-order valence-electron chi connectivity index (χ2n) is 4.18. The molecule has 5 nitrogen and oxygen atoms in total. The molecule has 1 unspecified atom stereocenters. The molecule has 1 N–H and O–H groups in total. The first-order valence-corrected chi connectivity index (χ1v) is 5.73. The van der Waals surface area contributed by atoms with Crippen molar-refractivity contribution < 1.29 is 24.1 Å². The van der Waals surface area contributed by atoms with E-state index in [4.69, 9.17) is 14.2 Å². The van der Waals surface area contributed by atoms with Gasteiger partial charge in [0.15, 0.2) is 0 Å². The van der Waals surface area contributed by atoms with E-state index in [1.165, 1.54) is 0 Å². The van der Waals surface area contributed by atoms with Gasteiger partial charge in [-0.2, -0.15) is 0 Å². The zero-order valence-corrected chi connectivity index (χ0v) is 10.3. The average molecular weight is 252 g/mol. The standard InChI is InChI=1S/C13H16O5/c1-8-12(11(14)13(15)18-8)17-7-9-3-5-10(16-2)6-4-9/h3-6,8,12-13,15H,7H2,1-2H3/t8-,12-,13?/m0/s1. The Labute approximate surface area is 105 Å². The molecule has 0 aromatic heterocycles. The van der Waals surface area contributed by atoms with Crippen molar-refractivity contribution in [2.75, 3.05) is 7.11 Å². The molecule has 18 heavy (non-hydrogen) atoms. The minimum atomic E-state index is -1.36. The Balaban J connectivity index is 1.92. The van der Waals surface area contributed by atoms with Crippen LogP contribution < -0.4 is 4.74 Å². The van der Waals surface area contributed by atoms with Crippen LogP contribution in [0.4, 0.5) is 0 Å². The lowest BCUT2D eigenvalue weighted by atomic mass is 10.2. The van der Waals surface area contributed by atoms with Gasteiger partial charge in [0, 0.05) is 0 Å². The summed E-state index contributed by atoms with van der Waals surface area (Å²) in [6, 6.07) is 7.37. The van der Waals surface area contributed by atoms with Crippen molar-refractivity contribution in [2.24, 2.45) is 0 Å². The van der Waals surface area contributed by atoms with E-state index < -0.39 is 24.3 Å². The number of carbonyl (C=O) groups is 1. The molecule has 3 atom stereocenters. The first-order chi connectivity index (χ1) is 8.61. The topological polar surface area (TPSA) is 65.0 Å². The van der Waals surface area contributed by atoms with Crippen LogP contribution in [0.3, 0.4) is 0 Å². The van der Waals surface area contributed by atoms with Crippen molar-refractivity contribution in [1.29, 1.82) is 0 Å². The van der Waals surface area contributed by atoms with Crippen LogP contribution in [0.25, 0.3) is 0 Å². The Hall–Kier alpha value is -1.43. The lowest BCUT2D eigenvalue weighted by Gasteiger charge is -2.13. The van der Waals surface area contributed by atoms with E-state index in [0.717, 1.165) is 11.3 Å². The third-order valence-electron chi connectivity index (χ3n) is 2.88. The fourth-order valence-electron chi connectivity index (χ4n) is 1.84. The molecule has 2 rings (SSSR count). The summed E-state index contributed by atoms with van der Waals surface area (Å²) in [5.74, 6) is 0.346. The number of rotatable bonds is 4. The Bertz CT molecular complexity index is 414. The molecular formula is C13H16O5. The Morgan fingerprint density at radius 2 is 2.00 bits per heavy atom. The van der Waals surface area contributed by atoms with Gasteiger partial charge in [-0.25, -0.2) is 0 Å². The Kier molecular flexibility index (Phi) is 3.96. The van der Waals surface area contributed by atoms with Crippen LogP contribution in [0.5, 0.6) is 5.75 Å². The number of carbonyl (C=O) groups excluding carboxylic acids is 1. The van der Waals surface area contributed by atoms with Gasteiger partial charge in [0.2, 0.25) is 12.1 Å². The maximum atomic E-state index is 11.5. The highest BCUT2D eigenvalue weighted by molar-refractivity contribution is 5.88. The molecule has 5 heteroatoms. The molecule has 0 radical (unpaired) electrons. The molecule has 1 aromatic rings. The highest BCUT2D eigenvalue weighted by Crippen LogP contribution is 2.20. The van der Waals surface area contributed by atoms with E-state index in [1.54, 1.807) is 14.0 Å². The molecule has 1 aliphatic heterocycles. The van der Waals surface area contributed by atoms with Crippen LogP contribution in [0.2, 0.25) is 0 Å². The third-order valence-corrected chi connectivity index (χ3v) is 2.88. The van der Waals surface area contributed by atoms with Gasteiger partial charge in [0.05, 0.1) is 19.8 Å². The summed E-state index contributed by atoms with van der Waals surface area (Å²) >= 11 is 0. The van der Waals surface area contributed by atoms with Crippen molar-refractivity contribution in [3.63, 3.8) is 0 Å².